The number of hydrogen-bond donors (Lipinski definition) is 2. The normalized spacial score (nSPS) is 10.7. The fourth-order valence-electron chi connectivity index (χ4n) is 1.48. The molecule has 3 N–H and O–H groups in total. The van der Waals surface area contributed by atoms with E-state index in [9.17, 15) is 4.79 Å². The quantitative estimate of drug-likeness (QED) is 0.638. The second-order valence-corrected chi connectivity index (χ2v) is 3.85. The summed E-state index contributed by atoms with van der Waals surface area (Å²) in [4.78, 5) is 11.5. The zero-order valence-electron chi connectivity index (χ0n) is 9.80. The maximum Gasteiger partial charge on any atom is 0.244 e. The standard InChI is InChI=1S/C14H14N2O2/c15-13-3-1-2-11(8-13)4-5-14(17)16-9-12-6-7-18-10-12/h1-8,10H,9,15H2,(H,16,17)/b5-4+. The zero-order valence-corrected chi connectivity index (χ0v) is 9.80. The number of anilines is 1. The molecule has 0 atom stereocenters. The molecule has 0 aliphatic rings. The van der Waals surface area contributed by atoms with Gasteiger partial charge in [0.2, 0.25) is 5.91 Å². The van der Waals surface area contributed by atoms with E-state index in [4.69, 9.17) is 10.2 Å². The van der Waals surface area contributed by atoms with Crippen LogP contribution in [-0.4, -0.2) is 5.91 Å². The van der Waals surface area contributed by atoms with Crippen LogP contribution in [-0.2, 0) is 11.3 Å². The first kappa shape index (κ1) is 12.0. The molecule has 0 saturated carbocycles. The molecule has 4 nitrogen and oxygen atoms in total. The number of rotatable bonds is 4. The Morgan fingerprint density at radius 2 is 2.28 bits per heavy atom. The van der Waals surface area contributed by atoms with Gasteiger partial charge in [-0.05, 0) is 29.8 Å². The highest BCUT2D eigenvalue weighted by atomic mass is 16.3. The van der Waals surface area contributed by atoms with Crippen LogP contribution < -0.4 is 11.1 Å². The smallest absolute Gasteiger partial charge is 0.244 e. The molecule has 0 radical (unpaired) electrons. The van der Waals surface area contributed by atoms with Gasteiger partial charge in [0.25, 0.3) is 0 Å². The van der Waals surface area contributed by atoms with Gasteiger partial charge in [0.15, 0.2) is 0 Å². The molecule has 4 heteroatoms. The van der Waals surface area contributed by atoms with Gasteiger partial charge in [0.05, 0.1) is 12.5 Å². The van der Waals surface area contributed by atoms with Crippen molar-refractivity contribution in [2.75, 3.05) is 5.73 Å². The van der Waals surface area contributed by atoms with E-state index in [-0.39, 0.29) is 5.91 Å². The SMILES string of the molecule is Nc1cccc(/C=C/C(=O)NCc2ccoc2)c1. The lowest BCUT2D eigenvalue weighted by molar-refractivity contribution is -0.116. The fraction of sp³-hybridized carbons (Fsp3) is 0.0714. The average molecular weight is 242 g/mol. The highest BCUT2D eigenvalue weighted by Crippen LogP contribution is 2.07. The van der Waals surface area contributed by atoms with Crippen molar-refractivity contribution < 1.29 is 9.21 Å². The number of nitrogen functional groups attached to an aromatic ring is 1. The molecule has 0 unspecified atom stereocenters. The van der Waals surface area contributed by atoms with Crippen molar-refractivity contribution in [1.82, 2.24) is 5.32 Å². The van der Waals surface area contributed by atoms with Crippen LogP contribution in [0.5, 0.6) is 0 Å². The summed E-state index contributed by atoms with van der Waals surface area (Å²) in [6.07, 6.45) is 6.38. The van der Waals surface area contributed by atoms with E-state index in [1.54, 1.807) is 30.7 Å². The maximum atomic E-state index is 11.5. The van der Waals surface area contributed by atoms with Crippen LogP contribution in [0.25, 0.3) is 6.08 Å². The highest BCUT2D eigenvalue weighted by molar-refractivity contribution is 5.91. The summed E-state index contributed by atoms with van der Waals surface area (Å²) in [5.74, 6) is -0.154. The number of benzene rings is 1. The van der Waals surface area contributed by atoms with E-state index in [0.717, 1.165) is 11.1 Å². The van der Waals surface area contributed by atoms with Crippen molar-refractivity contribution in [3.63, 3.8) is 0 Å². The van der Waals surface area contributed by atoms with E-state index < -0.39 is 0 Å². The third kappa shape index (κ3) is 3.52. The van der Waals surface area contributed by atoms with Crippen LogP contribution in [0.1, 0.15) is 11.1 Å². The number of carbonyl (C=O) groups is 1. The minimum Gasteiger partial charge on any atom is -0.472 e. The third-order valence-corrected chi connectivity index (χ3v) is 2.38. The first-order valence-electron chi connectivity index (χ1n) is 5.56. The Bertz CT molecular complexity index is 545. The molecule has 0 fully saturated rings. The summed E-state index contributed by atoms with van der Waals surface area (Å²) in [5, 5.41) is 2.75. The summed E-state index contributed by atoms with van der Waals surface area (Å²) in [5.41, 5.74) is 8.15. The van der Waals surface area contributed by atoms with Crippen LogP contribution >= 0.6 is 0 Å². The van der Waals surface area contributed by atoms with Crippen LogP contribution in [0, 0.1) is 0 Å². The Morgan fingerprint density at radius 1 is 1.39 bits per heavy atom. The molecule has 2 aromatic rings. The van der Waals surface area contributed by atoms with Crippen molar-refractivity contribution in [3.8, 4) is 0 Å². The number of furan rings is 1. The van der Waals surface area contributed by atoms with E-state index in [1.807, 2.05) is 18.2 Å². The minimum atomic E-state index is -0.154. The Labute approximate surface area is 105 Å². The molecular weight excluding hydrogens is 228 g/mol. The van der Waals surface area contributed by atoms with Gasteiger partial charge >= 0.3 is 0 Å². The van der Waals surface area contributed by atoms with Crippen LogP contribution in [0.15, 0.2) is 53.4 Å². The molecule has 1 amide bonds. The molecular formula is C14H14N2O2. The zero-order chi connectivity index (χ0) is 12.8. The molecule has 1 aromatic heterocycles. The van der Waals surface area contributed by atoms with E-state index in [0.29, 0.717) is 12.2 Å². The van der Waals surface area contributed by atoms with Crippen LogP contribution in [0.4, 0.5) is 5.69 Å². The molecule has 1 heterocycles. The van der Waals surface area contributed by atoms with E-state index in [1.165, 1.54) is 6.08 Å². The summed E-state index contributed by atoms with van der Waals surface area (Å²) in [6.45, 7) is 0.455. The van der Waals surface area contributed by atoms with Crippen molar-refractivity contribution in [1.29, 1.82) is 0 Å². The predicted molar refractivity (Wildman–Crippen MR) is 70.4 cm³/mol. The molecule has 0 saturated heterocycles. The van der Waals surface area contributed by atoms with E-state index in [2.05, 4.69) is 5.32 Å². The second kappa shape index (κ2) is 5.72. The largest absolute Gasteiger partial charge is 0.472 e. The first-order valence-corrected chi connectivity index (χ1v) is 5.56. The molecule has 92 valence electrons. The van der Waals surface area contributed by atoms with Crippen molar-refractivity contribution in [3.05, 3.63) is 60.1 Å². The van der Waals surface area contributed by atoms with E-state index >= 15 is 0 Å². The topological polar surface area (TPSA) is 68.3 Å². The minimum absolute atomic E-state index is 0.154. The number of hydrogen-bond acceptors (Lipinski definition) is 3. The lowest BCUT2D eigenvalue weighted by atomic mass is 10.2. The highest BCUT2D eigenvalue weighted by Gasteiger charge is 1.97. The average Bonchev–Trinajstić information content (AvgIpc) is 2.87. The van der Waals surface area contributed by atoms with Gasteiger partial charge in [-0.3, -0.25) is 4.79 Å². The van der Waals surface area contributed by atoms with Crippen molar-refractivity contribution in [2.24, 2.45) is 0 Å². The lowest BCUT2D eigenvalue weighted by Gasteiger charge is -1.99. The van der Waals surface area contributed by atoms with Gasteiger partial charge in [-0.1, -0.05) is 12.1 Å². The van der Waals surface area contributed by atoms with Gasteiger partial charge in [-0.25, -0.2) is 0 Å². The molecule has 0 bridgehead atoms. The molecule has 18 heavy (non-hydrogen) atoms. The molecule has 1 aromatic carbocycles. The van der Waals surface area contributed by atoms with Crippen molar-refractivity contribution in [2.45, 2.75) is 6.54 Å². The first-order chi connectivity index (χ1) is 8.74. The van der Waals surface area contributed by atoms with Crippen molar-refractivity contribution >= 4 is 17.7 Å². The maximum absolute atomic E-state index is 11.5. The summed E-state index contributed by atoms with van der Waals surface area (Å²) in [6, 6.07) is 9.15. The van der Waals surface area contributed by atoms with Gasteiger partial charge in [-0.15, -0.1) is 0 Å². The second-order valence-electron chi connectivity index (χ2n) is 3.85. The Balaban J connectivity index is 1.87. The van der Waals surface area contributed by atoms with Crippen LogP contribution in [0.3, 0.4) is 0 Å². The number of carbonyl (C=O) groups excluding carboxylic acids is 1. The number of nitrogens with one attached hydrogen (secondary N) is 1. The third-order valence-electron chi connectivity index (χ3n) is 2.38. The number of nitrogens with two attached hydrogens (primary N) is 1. The Morgan fingerprint density at radius 3 is 3.00 bits per heavy atom. The molecule has 2 rings (SSSR count). The number of amides is 1. The molecule has 0 aliphatic carbocycles. The van der Waals surface area contributed by atoms with Gasteiger partial charge in [0.1, 0.15) is 0 Å². The van der Waals surface area contributed by atoms with Gasteiger partial charge in [0, 0.05) is 23.9 Å². The Hall–Kier alpha value is -2.49. The lowest BCUT2D eigenvalue weighted by Crippen LogP contribution is -2.19. The monoisotopic (exact) mass is 242 g/mol. The summed E-state index contributed by atoms with van der Waals surface area (Å²) in [7, 11) is 0. The summed E-state index contributed by atoms with van der Waals surface area (Å²) >= 11 is 0. The Kier molecular flexibility index (Phi) is 3.81. The predicted octanol–water partition coefficient (Wildman–Crippen LogP) is 2.19. The van der Waals surface area contributed by atoms with Gasteiger partial charge in [-0.2, -0.15) is 0 Å². The van der Waals surface area contributed by atoms with Crippen LogP contribution in [0.2, 0.25) is 0 Å². The van der Waals surface area contributed by atoms with Gasteiger partial charge < -0.3 is 15.5 Å². The molecule has 0 spiro atoms. The fourth-order valence-corrected chi connectivity index (χ4v) is 1.48. The molecule has 0 aliphatic heterocycles. The summed E-state index contributed by atoms with van der Waals surface area (Å²) < 4.78 is 4.91.